The van der Waals surface area contributed by atoms with Crippen LogP contribution < -0.4 is 32.7 Å². The second kappa shape index (κ2) is 17.8. The lowest BCUT2D eigenvalue weighted by Crippen LogP contribution is -2.44. The number of nitrogens with one attached hydrogen (secondary N) is 4. The van der Waals surface area contributed by atoms with Gasteiger partial charge < -0.3 is 42.5 Å². The molecule has 0 bridgehead atoms. The van der Waals surface area contributed by atoms with Crippen molar-refractivity contribution in [3.8, 4) is 0 Å². The number of pyridine rings is 2. The second-order valence-corrected chi connectivity index (χ2v) is 14.5. The van der Waals surface area contributed by atoms with Crippen molar-refractivity contribution in [1.29, 1.82) is 0 Å². The van der Waals surface area contributed by atoms with Crippen molar-refractivity contribution in [1.82, 2.24) is 50.0 Å². The molecule has 2 aliphatic rings. The van der Waals surface area contributed by atoms with E-state index >= 15 is 0 Å². The van der Waals surface area contributed by atoms with E-state index < -0.39 is 12.1 Å². The first-order chi connectivity index (χ1) is 27.0. The van der Waals surface area contributed by atoms with Gasteiger partial charge in [-0.1, -0.05) is 13.8 Å². The molecule has 6 amide bonds. The molecule has 6 heterocycles. The summed E-state index contributed by atoms with van der Waals surface area (Å²) in [6, 6.07) is -0.625. The summed E-state index contributed by atoms with van der Waals surface area (Å²) in [6.07, 6.45) is 7.87. The Hall–Kier alpha value is -5.68. The lowest BCUT2D eigenvalue weighted by Gasteiger charge is -2.32. The van der Waals surface area contributed by atoms with Crippen molar-refractivity contribution in [3.05, 3.63) is 34.9 Å². The molecule has 6 rings (SSSR count). The van der Waals surface area contributed by atoms with Crippen LogP contribution in [0.2, 0.25) is 0 Å². The number of nitrogens with two attached hydrogens (primary N) is 2. The average Bonchev–Trinajstić information content (AvgIpc) is 3.82. The van der Waals surface area contributed by atoms with Gasteiger partial charge in [-0.3, -0.25) is 9.59 Å². The van der Waals surface area contributed by atoms with Crippen molar-refractivity contribution < 1.29 is 19.2 Å². The number of aromatic nitrogens is 6. The SMILES string of the molecule is CCc1nc2c(cnn2CC)c(NC2CCN(C(N)=O)CC2)c1CNC(=O)CCC(=O)NCc1c(CC)nc2c(cnn2CC)c1NC1CCN(C(N)=O)CC1. The Bertz CT molecular complexity index is 1910. The van der Waals surface area contributed by atoms with Crippen LogP contribution in [-0.4, -0.2) is 101 Å². The number of hydrogen-bond donors (Lipinski definition) is 6. The number of likely N-dealkylation sites (tertiary alicyclic amines) is 2. The second-order valence-electron chi connectivity index (χ2n) is 14.5. The van der Waals surface area contributed by atoms with Gasteiger partial charge in [0.05, 0.1) is 34.5 Å². The van der Waals surface area contributed by atoms with Crippen LogP contribution in [0.3, 0.4) is 0 Å². The molecule has 2 aliphatic heterocycles. The van der Waals surface area contributed by atoms with Crippen molar-refractivity contribution in [2.24, 2.45) is 11.5 Å². The first kappa shape index (κ1) is 40.0. The zero-order chi connectivity index (χ0) is 39.9. The van der Waals surface area contributed by atoms with Crippen LogP contribution in [0.1, 0.15) is 88.7 Å². The number of carbonyl (C=O) groups is 4. The molecule has 4 aromatic rings. The molecule has 4 aromatic heterocycles. The Kier molecular flexibility index (Phi) is 12.7. The maximum absolute atomic E-state index is 13.3. The summed E-state index contributed by atoms with van der Waals surface area (Å²) in [4.78, 5) is 63.2. The number of nitrogens with zero attached hydrogens (tertiary/aromatic N) is 8. The number of piperidine rings is 2. The highest BCUT2D eigenvalue weighted by molar-refractivity contribution is 5.93. The third-order valence-electron chi connectivity index (χ3n) is 11.0. The third-order valence-corrected chi connectivity index (χ3v) is 11.0. The number of primary amides is 2. The molecule has 0 spiro atoms. The fraction of sp³-hybridized carbons (Fsp3) is 0.579. The Morgan fingerprint density at radius 2 is 1.02 bits per heavy atom. The smallest absolute Gasteiger partial charge is 0.314 e. The van der Waals surface area contributed by atoms with E-state index in [1.54, 1.807) is 9.80 Å². The molecule has 2 saturated heterocycles. The maximum atomic E-state index is 13.3. The van der Waals surface area contributed by atoms with Gasteiger partial charge >= 0.3 is 12.1 Å². The zero-order valence-corrected chi connectivity index (χ0v) is 33.0. The molecule has 302 valence electrons. The lowest BCUT2D eigenvalue weighted by atomic mass is 10.0. The highest BCUT2D eigenvalue weighted by Crippen LogP contribution is 2.33. The average molecular weight is 773 g/mol. The molecule has 2 fully saturated rings. The number of amides is 6. The van der Waals surface area contributed by atoms with Crippen molar-refractivity contribution >= 4 is 57.3 Å². The summed E-state index contributed by atoms with van der Waals surface area (Å²) in [6.45, 7) is 12.2. The van der Waals surface area contributed by atoms with Crippen LogP contribution in [0, 0.1) is 0 Å². The minimum absolute atomic E-state index is 0.00973. The van der Waals surface area contributed by atoms with Crippen LogP contribution >= 0.6 is 0 Å². The highest BCUT2D eigenvalue weighted by Gasteiger charge is 2.27. The third kappa shape index (κ3) is 8.73. The monoisotopic (exact) mass is 772 g/mol. The Labute approximate surface area is 326 Å². The molecule has 18 nitrogen and oxygen atoms in total. The molecule has 0 radical (unpaired) electrons. The van der Waals surface area contributed by atoms with Crippen molar-refractivity contribution in [2.75, 3.05) is 36.8 Å². The first-order valence-electron chi connectivity index (χ1n) is 19.9. The lowest BCUT2D eigenvalue weighted by molar-refractivity contribution is -0.126. The van der Waals surface area contributed by atoms with E-state index in [1.165, 1.54) is 0 Å². The summed E-state index contributed by atoms with van der Waals surface area (Å²) in [5, 5.41) is 24.4. The van der Waals surface area contributed by atoms with Crippen LogP contribution in [0.25, 0.3) is 22.1 Å². The summed E-state index contributed by atoms with van der Waals surface area (Å²) < 4.78 is 3.72. The highest BCUT2D eigenvalue weighted by atomic mass is 16.2. The van der Waals surface area contributed by atoms with Gasteiger partial charge in [0.1, 0.15) is 0 Å². The van der Waals surface area contributed by atoms with Crippen molar-refractivity contribution in [2.45, 2.75) is 117 Å². The minimum atomic E-state index is -0.411. The molecule has 18 heteroatoms. The van der Waals surface area contributed by atoms with Crippen LogP contribution in [-0.2, 0) is 48.6 Å². The molecular formula is C38H56N14O4. The van der Waals surface area contributed by atoms with Gasteiger partial charge in [-0.05, 0) is 52.4 Å². The first-order valence-corrected chi connectivity index (χ1v) is 19.9. The Morgan fingerprint density at radius 1 is 0.643 bits per heavy atom. The Balaban J connectivity index is 1.12. The summed E-state index contributed by atoms with van der Waals surface area (Å²) in [5.74, 6) is -0.498. The predicted molar refractivity (Wildman–Crippen MR) is 214 cm³/mol. The number of anilines is 2. The molecule has 0 unspecified atom stereocenters. The number of carbonyl (C=O) groups excluding carboxylic acids is 4. The quantitative estimate of drug-likeness (QED) is 0.103. The van der Waals surface area contributed by atoms with E-state index in [1.807, 2.05) is 49.5 Å². The molecular weight excluding hydrogens is 717 g/mol. The number of fused-ring (bicyclic) bond motifs is 2. The van der Waals surface area contributed by atoms with E-state index in [-0.39, 0.29) is 49.8 Å². The van der Waals surface area contributed by atoms with Gasteiger partial charge in [0, 0.05) is 99.8 Å². The molecule has 0 atom stereocenters. The van der Waals surface area contributed by atoms with Crippen LogP contribution in [0.4, 0.5) is 21.0 Å². The largest absolute Gasteiger partial charge is 0.381 e. The zero-order valence-electron chi connectivity index (χ0n) is 33.0. The summed E-state index contributed by atoms with van der Waals surface area (Å²) in [5.41, 5.74) is 17.8. The van der Waals surface area contributed by atoms with Crippen LogP contribution in [0.5, 0.6) is 0 Å². The Morgan fingerprint density at radius 3 is 1.34 bits per heavy atom. The van der Waals surface area contributed by atoms with Crippen LogP contribution in [0.15, 0.2) is 12.4 Å². The van der Waals surface area contributed by atoms with E-state index in [9.17, 15) is 19.2 Å². The number of urea groups is 2. The van der Waals surface area contributed by atoms with E-state index in [4.69, 9.17) is 21.4 Å². The van der Waals surface area contributed by atoms with Gasteiger partial charge in [-0.25, -0.2) is 28.9 Å². The normalized spacial score (nSPS) is 15.4. The topological polar surface area (TPSA) is 236 Å². The van der Waals surface area contributed by atoms with Gasteiger partial charge in [0.2, 0.25) is 11.8 Å². The molecule has 8 N–H and O–H groups in total. The van der Waals surface area contributed by atoms with Gasteiger partial charge in [-0.15, -0.1) is 0 Å². The standard InChI is InChI=1S/C38H56N14O4/c1-5-29-25(33(27-21-43-51(7-3)35(27)47-29)45-23-11-15-49(16-12-23)37(39)55)19-41-31(53)9-10-32(54)42-20-26-30(6-2)48-36-28(22-44-52(36)8-4)34(26)46-24-13-17-50(18-14-24)38(40)56/h21-24H,5-20H2,1-4H3,(H2,39,55)(H2,40,56)(H,41,53)(H,42,54)(H,45,47)(H,46,48). The summed E-state index contributed by atoms with van der Waals surface area (Å²) >= 11 is 0. The summed E-state index contributed by atoms with van der Waals surface area (Å²) in [7, 11) is 0. The van der Waals surface area contributed by atoms with Gasteiger partial charge in [0.15, 0.2) is 11.3 Å². The fourth-order valence-electron chi connectivity index (χ4n) is 7.78. The molecule has 0 saturated carbocycles. The predicted octanol–water partition coefficient (Wildman–Crippen LogP) is 2.96. The number of aryl methyl sites for hydroxylation is 4. The maximum Gasteiger partial charge on any atom is 0.314 e. The van der Waals surface area contributed by atoms with E-state index in [0.717, 1.165) is 81.6 Å². The number of hydrogen-bond acceptors (Lipinski definition) is 10. The minimum Gasteiger partial charge on any atom is -0.381 e. The molecule has 0 aliphatic carbocycles. The van der Waals surface area contributed by atoms with E-state index in [0.29, 0.717) is 52.1 Å². The van der Waals surface area contributed by atoms with Crippen molar-refractivity contribution in [3.63, 3.8) is 0 Å². The molecule has 56 heavy (non-hydrogen) atoms. The molecule has 0 aromatic carbocycles. The van der Waals surface area contributed by atoms with Gasteiger partial charge in [0.25, 0.3) is 0 Å². The number of rotatable bonds is 15. The fourth-order valence-corrected chi connectivity index (χ4v) is 7.78. The van der Waals surface area contributed by atoms with Gasteiger partial charge in [-0.2, -0.15) is 10.2 Å². The van der Waals surface area contributed by atoms with E-state index in [2.05, 4.69) is 31.5 Å².